The van der Waals surface area contributed by atoms with Gasteiger partial charge < -0.3 is 20.1 Å². The number of ether oxygens (including phenoxy) is 1. The average molecular weight is 453 g/mol. The van der Waals surface area contributed by atoms with E-state index >= 15 is 0 Å². The van der Waals surface area contributed by atoms with Gasteiger partial charge in [0.2, 0.25) is 5.91 Å². The van der Waals surface area contributed by atoms with E-state index in [4.69, 9.17) is 4.74 Å². The van der Waals surface area contributed by atoms with Gasteiger partial charge in [0.1, 0.15) is 0 Å². The molecule has 3 aliphatic carbocycles. The number of carbonyl (C=O) groups excluding carboxylic acids is 1. The van der Waals surface area contributed by atoms with E-state index in [1.807, 2.05) is 12.1 Å². The highest BCUT2D eigenvalue weighted by atomic mass is 16.5. The first-order valence-corrected chi connectivity index (χ1v) is 13.4. The minimum absolute atomic E-state index is 0.0328. The fourth-order valence-corrected chi connectivity index (χ4v) is 7.73. The Morgan fingerprint density at radius 1 is 1.18 bits per heavy atom. The molecule has 0 bridgehead atoms. The molecule has 0 radical (unpaired) electrons. The van der Waals surface area contributed by atoms with Crippen molar-refractivity contribution in [3.05, 3.63) is 29.3 Å². The number of hydrogen-bond acceptors (Lipinski definition) is 4. The second-order valence-electron chi connectivity index (χ2n) is 11.4. The monoisotopic (exact) mass is 453 g/mol. The molecule has 0 spiro atoms. The Bertz CT molecular complexity index is 855. The molecule has 3 unspecified atom stereocenters. The Morgan fingerprint density at radius 2 is 2.00 bits per heavy atom. The third-order valence-corrected chi connectivity index (χ3v) is 9.33. The highest BCUT2D eigenvalue weighted by molar-refractivity contribution is 6.58. The second-order valence-corrected chi connectivity index (χ2v) is 11.4. The molecule has 1 aliphatic heterocycles. The van der Waals surface area contributed by atoms with E-state index in [9.17, 15) is 14.8 Å². The molecule has 1 heterocycles. The molecule has 180 valence electrons. The number of fused-ring (bicyclic) bond motifs is 5. The maximum Gasteiger partial charge on any atom is 0.488 e. The number of amides is 1. The predicted molar refractivity (Wildman–Crippen MR) is 130 cm³/mol. The third-order valence-electron chi connectivity index (χ3n) is 9.33. The fourth-order valence-electron chi connectivity index (χ4n) is 7.73. The molecule has 1 aromatic carbocycles. The van der Waals surface area contributed by atoms with E-state index < -0.39 is 7.12 Å². The van der Waals surface area contributed by atoms with Crippen LogP contribution in [0.5, 0.6) is 0 Å². The van der Waals surface area contributed by atoms with Crippen molar-refractivity contribution in [2.45, 2.75) is 102 Å². The van der Waals surface area contributed by atoms with Crippen LogP contribution in [0.25, 0.3) is 0 Å². The van der Waals surface area contributed by atoms with Crippen LogP contribution in [0.4, 0.5) is 0 Å². The van der Waals surface area contributed by atoms with Crippen LogP contribution in [-0.2, 0) is 16.0 Å². The molecule has 1 amide bonds. The van der Waals surface area contributed by atoms with E-state index in [2.05, 4.69) is 18.3 Å². The van der Waals surface area contributed by atoms with Gasteiger partial charge in [-0.15, -0.1) is 0 Å². The summed E-state index contributed by atoms with van der Waals surface area (Å²) < 4.78 is 6.46. The van der Waals surface area contributed by atoms with Gasteiger partial charge in [0.15, 0.2) is 0 Å². The van der Waals surface area contributed by atoms with E-state index in [1.54, 1.807) is 0 Å². The van der Waals surface area contributed by atoms with Gasteiger partial charge in [-0.2, -0.15) is 0 Å². The lowest BCUT2D eigenvalue weighted by Crippen LogP contribution is -2.47. The number of nitrogens with one attached hydrogen (secondary N) is 1. The van der Waals surface area contributed by atoms with Crippen LogP contribution >= 0.6 is 0 Å². The highest BCUT2D eigenvalue weighted by Gasteiger charge is 2.55. The van der Waals surface area contributed by atoms with Crippen LogP contribution in [-0.4, -0.2) is 41.3 Å². The number of aryl methyl sites for hydroxylation is 1. The lowest BCUT2D eigenvalue weighted by molar-refractivity contribution is -0.122. The molecule has 5 rings (SSSR count). The molecule has 2 saturated carbocycles. The summed E-state index contributed by atoms with van der Waals surface area (Å²) in [5.74, 6) is 2.47. The first-order valence-electron chi connectivity index (χ1n) is 13.4. The van der Waals surface area contributed by atoms with Gasteiger partial charge in [-0.3, -0.25) is 4.79 Å². The van der Waals surface area contributed by atoms with Crippen molar-refractivity contribution < 1.29 is 19.6 Å². The van der Waals surface area contributed by atoms with Crippen LogP contribution in [0.1, 0.15) is 94.6 Å². The van der Waals surface area contributed by atoms with E-state index in [1.165, 1.54) is 30.4 Å². The second kappa shape index (κ2) is 9.71. The predicted octanol–water partition coefficient (Wildman–Crippen LogP) is 3.45. The van der Waals surface area contributed by atoms with Crippen molar-refractivity contribution in [3.63, 3.8) is 0 Å². The van der Waals surface area contributed by atoms with Crippen LogP contribution in [0, 0.1) is 17.8 Å². The van der Waals surface area contributed by atoms with Gasteiger partial charge in [-0.1, -0.05) is 37.5 Å². The van der Waals surface area contributed by atoms with Gasteiger partial charge in [0.25, 0.3) is 0 Å². The molecular weight excluding hydrogens is 413 g/mol. The summed E-state index contributed by atoms with van der Waals surface area (Å²) >= 11 is 0. The molecule has 1 aromatic rings. The van der Waals surface area contributed by atoms with Crippen LogP contribution in [0.2, 0.25) is 0 Å². The van der Waals surface area contributed by atoms with Gasteiger partial charge in [0, 0.05) is 12.5 Å². The largest absolute Gasteiger partial charge is 0.488 e. The SMILES string of the molecule is C[C@]12CCC3c4ccc(B(O)O)cc4CCC3C1[C@@H](CCCC(=O)NC1CCCCC1)CO2. The van der Waals surface area contributed by atoms with Crippen molar-refractivity contribution in [1.29, 1.82) is 0 Å². The van der Waals surface area contributed by atoms with Crippen LogP contribution < -0.4 is 10.8 Å². The molecule has 5 atom stereocenters. The van der Waals surface area contributed by atoms with E-state index in [0.29, 0.717) is 41.6 Å². The Morgan fingerprint density at radius 3 is 2.79 bits per heavy atom. The summed E-state index contributed by atoms with van der Waals surface area (Å²) in [5, 5.41) is 22.4. The first-order chi connectivity index (χ1) is 15.9. The smallest absolute Gasteiger partial charge is 0.423 e. The summed E-state index contributed by atoms with van der Waals surface area (Å²) in [6, 6.07) is 6.42. The van der Waals surface area contributed by atoms with Crippen LogP contribution in [0.15, 0.2) is 18.2 Å². The molecule has 5 nitrogen and oxygen atoms in total. The molecule has 4 aliphatic rings. The minimum atomic E-state index is -1.40. The summed E-state index contributed by atoms with van der Waals surface area (Å²) in [4.78, 5) is 12.5. The third kappa shape index (κ3) is 4.76. The Labute approximate surface area is 198 Å². The van der Waals surface area contributed by atoms with Crippen LogP contribution in [0.3, 0.4) is 0 Å². The summed E-state index contributed by atoms with van der Waals surface area (Å²) in [5.41, 5.74) is 3.27. The molecule has 1 saturated heterocycles. The van der Waals surface area contributed by atoms with Gasteiger partial charge >= 0.3 is 7.12 Å². The zero-order valence-corrected chi connectivity index (χ0v) is 20.1. The van der Waals surface area contributed by atoms with Crippen molar-refractivity contribution in [2.75, 3.05) is 6.61 Å². The minimum Gasteiger partial charge on any atom is -0.423 e. The summed E-state index contributed by atoms with van der Waals surface area (Å²) in [6.07, 6.45) is 13.1. The molecule has 3 N–H and O–H groups in total. The quantitative estimate of drug-likeness (QED) is 0.577. The highest BCUT2D eigenvalue weighted by Crippen LogP contribution is 2.58. The van der Waals surface area contributed by atoms with Gasteiger partial charge in [0.05, 0.1) is 12.2 Å². The number of hydrogen-bond donors (Lipinski definition) is 3. The molecule has 3 fully saturated rings. The van der Waals surface area contributed by atoms with Gasteiger partial charge in [-0.25, -0.2) is 0 Å². The van der Waals surface area contributed by atoms with Crippen molar-refractivity contribution in [1.82, 2.24) is 5.32 Å². The summed E-state index contributed by atoms with van der Waals surface area (Å²) in [6.45, 7) is 3.15. The zero-order valence-electron chi connectivity index (χ0n) is 20.1. The number of benzene rings is 1. The van der Waals surface area contributed by atoms with Crippen molar-refractivity contribution >= 4 is 18.5 Å². The lowest BCUT2D eigenvalue weighted by atomic mass is 9.56. The molecule has 0 aromatic heterocycles. The lowest BCUT2D eigenvalue weighted by Gasteiger charge is -2.49. The maximum atomic E-state index is 12.5. The van der Waals surface area contributed by atoms with Gasteiger partial charge in [-0.05, 0) is 98.6 Å². The Balaban J connectivity index is 1.22. The zero-order chi connectivity index (χ0) is 23.0. The van der Waals surface area contributed by atoms with Crippen molar-refractivity contribution in [3.8, 4) is 0 Å². The van der Waals surface area contributed by atoms with E-state index in [-0.39, 0.29) is 11.5 Å². The fraction of sp³-hybridized carbons (Fsp3) is 0.741. The Hall–Kier alpha value is -1.37. The standard InChI is InChI=1S/C27H40BNO4/c1-27-15-14-23-22-13-11-20(28(31)32)16-18(22)10-12-24(23)26(27)19(17-33-27)6-5-9-25(30)29-21-7-3-2-4-8-21/h11,13,16,19,21,23-24,26,31-32H,2-10,12,14-15,17H2,1H3,(H,29,30)/t19-,23?,24?,26?,27-/m0/s1. The number of rotatable bonds is 6. The number of carbonyl (C=O) groups is 1. The molecule has 6 heteroatoms. The van der Waals surface area contributed by atoms with Crippen molar-refractivity contribution in [2.24, 2.45) is 17.8 Å². The maximum absolute atomic E-state index is 12.5. The van der Waals surface area contributed by atoms with E-state index in [0.717, 1.165) is 58.0 Å². The topological polar surface area (TPSA) is 78.8 Å². The molecule has 33 heavy (non-hydrogen) atoms. The summed E-state index contributed by atoms with van der Waals surface area (Å²) in [7, 11) is -1.40. The first kappa shape index (κ1) is 23.4. The molecular formula is C27H40BNO4. The normalized spacial score (nSPS) is 33.7. The average Bonchev–Trinajstić information content (AvgIpc) is 3.15. The Kier molecular flexibility index (Phi) is 6.88.